The van der Waals surface area contributed by atoms with Gasteiger partial charge in [0.25, 0.3) is 0 Å². The van der Waals surface area contributed by atoms with Crippen molar-refractivity contribution < 1.29 is 12.4 Å². The third kappa shape index (κ3) is 3.71. The number of hydrogen-bond acceptors (Lipinski definition) is 2. The zero-order valence-corrected chi connectivity index (χ0v) is 17.8. The quantitative estimate of drug-likeness (QED) is 0.595. The van der Waals surface area contributed by atoms with E-state index in [1.807, 2.05) is 0 Å². The minimum Gasteiger partial charge on any atom is -1.00 e. The van der Waals surface area contributed by atoms with Crippen molar-refractivity contribution in [1.29, 1.82) is 0 Å². The minimum absolute atomic E-state index is 0. The molecule has 134 valence electrons. The van der Waals surface area contributed by atoms with Crippen LogP contribution in [0.2, 0.25) is 0 Å². The second-order valence-corrected chi connectivity index (χ2v) is 12.6. The number of thioether (sulfide) groups is 2. The first-order valence-electron chi connectivity index (χ1n) is 8.67. The summed E-state index contributed by atoms with van der Waals surface area (Å²) in [5.41, 5.74) is 0. The summed E-state index contributed by atoms with van der Waals surface area (Å²) in [5, 5.41) is 4.52. The molecule has 4 rings (SSSR count). The van der Waals surface area contributed by atoms with Gasteiger partial charge in [0.2, 0.25) is 0 Å². The fraction of sp³-hybridized carbons (Fsp3) is 0.182. The van der Waals surface area contributed by atoms with Crippen molar-refractivity contribution >= 4 is 46.7 Å². The molecule has 0 aromatic heterocycles. The Labute approximate surface area is 171 Å². The van der Waals surface area contributed by atoms with Crippen molar-refractivity contribution in [2.75, 3.05) is 17.3 Å². The standard InChI is InChI=1S/C22H22PS2.ClH/c1-4-10-19(11-5-1)23(20-12-6-2-7-13-20,21-14-8-3-9-15-21)22-18-24-16-17-25-22;/h1-15,22H,16-18H2;1H/q+1;/p-1. The maximum Gasteiger partial charge on any atom is 0.138 e. The highest BCUT2D eigenvalue weighted by Crippen LogP contribution is 2.64. The van der Waals surface area contributed by atoms with Gasteiger partial charge in [-0.3, -0.25) is 0 Å². The molecule has 1 unspecified atom stereocenters. The maximum absolute atomic E-state index is 2.35. The summed E-state index contributed by atoms with van der Waals surface area (Å²) >= 11 is 4.30. The summed E-state index contributed by atoms with van der Waals surface area (Å²) < 4.78 is 0. The highest BCUT2D eigenvalue weighted by Gasteiger charge is 2.53. The van der Waals surface area contributed by atoms with Crippen LogP contribution in [-0.4, -0.2) is 22.2 Å². The molecule has 1 aliphatic heterocycles. The van der Waals surface area contributed by atoms with E-state index in [0.717, 1.165) is 0 Å². The molecule has 3 aromatic rings. The Morgan fingerprint density at radius 2 is 1.04 bits per heavy atom. The Bertz CT molecular complexity index is 693. The highest BCUT2D eigenvalue weighted by atomic mass is 35.5. The first-order chi connectivity index (χ1) is 12.4. The number of rotatable bonds is 4. The molecular formula is C22H22ClPS2. The summed E-state index contributed by atoms with van der Waals surface area (Å²) in [4.78, 5) is 0.637. The van der Waals surface area contributed by atoms with Crippen molar-refractivity contribution in [3.05, 3.63) is 91.0 Å². The smallest absolute Gasteiger partial charge is 0.138 e. The van der Waals surface area contributed by atoms with Gasteiger partial charge in [-0.2, -0.15) is 11.8 Å². The summed E-state index contributed by atoms with van der Waals surface area (Å²) in [7, 11) is -1.69. The van der Waals surface area contributed by atoms with E-state index < -0.39 is 7.26 Å². The molecule has 0 nitrogen and oxygen atoms in total. The highest BCUT2D eigenvalue weighted by molar-refractivity contribution is 8.17. The van der Waals surface area contributed by atoms with E-state index in [0.29, 0.717) is 4.99 Å². The molecule has 3 aromatic carbocycles. The molecule has 1 heterocycles. The van der Waals surface area contributed by atoms with E-state index in [-0.39, 0.29) is 12.4 Å². The lowest BCUT2D eigenvalue weighted by atomic mass is 10.4. The molecule has 1 atom stereocenters. The van der Waals surface area contributed by atoms with Crippen LogP contribution in [0.5, 0.6) is 0 Å². The molecule has 4 heteroatoms. The van der Waals surface area contributed by atoms with Gasteiger partial charge in [0, 0.05) is 17.3 Å². The van der Waals surface area contributed by atoms with Crippen molar-refractivity contribution in [2.45, 2.75) is 4.99 Å². The van der Waals surface area contributed by atoms with Crippen LogP contribution >= 0.6 is 30.8 Å². The van der Waals surface area contributed by atoms with Gasteiger partial charge < -0.3 is 12.4 Å². The van der Waals surface area contributed by atoms with Crippen molar-refractivity contribution in [3.63, 3.8) is 0 Å². The fourth-order valence-electron chi connectivity index (χ4n) is 3.63. The topological polar surface area (TPSA) is 0 Å². The van der Waals surface area contributed by atoms with Crippen LogP contribution in [0.1, 0.15) is 0 Å². The molecule has 0 aliphatic carbocycles. The zero-order chi connectivity index (χ0) is 17.0. The first kappa shape index (κ1) is 19.8. The monoisotopic (exact) mass is 416 g/mol. The van der Waals surface area contributed by atoms with Crippen molar-refractivity contribution in [2.24, 2.45) is 0 Å². The van der Waals surface area contributed by atoms with Gasteiger partial charge in [-0.15, -0.1) is 11.8 Å². The second-order valence-electron chi connectivity index (χ2n) is 6.13. The lowest BCUT2D eigenvalue weighted by Crippen LogP contribution is -3.00. The van der Waals surface area contributed by atoms with Gasteiger partial charge in [-0.1, -0.05) is 54.6 Å². The molecule has 1 aliphatic rings. The Balaban J connectivity index is 0.00000196. The summed E-state index contributed by atoms with van der Waals surface area (Å²) in [6.07, 6.45) is 0. The molecule has 0 saturated carbocycles. The van der Waals surface area contributed by atoms with Crippen LogP contribution in [0, 0.1) is 0 Å². The van der Waals surface area contributed by atoms with Crippen molar-refractivity contribution in [3.8, 4) is 0 Å². The summed E-state index contributed by atoms with van der Waals surface area (Å²) in [5.74, 6) is 3.76. The lowest BCUT2D eigenvalue weighted by molar-refractivity contribution is -0.00000467. The molecule has 0 radical (unpaired) electrons. The molecule has 0 spiro atoms. The normalized spacial score (nSPS) is 17.3. The Morgan fingerprint density at radius 3 is 1.38 bits per heavy atom. The predicted octanol–water partition coefficient (Wildman–Crippen LogP) is 1.79. The van der Waals surface area contributed by atoms with Crippen LogP contribution in [-0.2, 0) is 0 Å². The minimum atomic E-state index is -1.69. The summed E-state index contributed by atoms with van der Waals surface area (Å²) in [6, 6.07) is 33.8. The molecule has 1 saturated heterocycles. The number of halogens is 1. The van der Waals surface area contributed by atoms with Gasteiger partial charge in [0.15, 0.2) is 0 Å². The van der Waals surface area contributed by atoms with Crippen LogP contribution in [0.4, 0.5) is 0 Å². The van der Waals surface area contributed by atoms with Crippen LogP contribution in [0.25, 0.3) is 0 Å². The van der Waals surface area contributed by atoms with Gasteiger partial charge >= 0.3 is 0 Å². The van der Waals surface area contributed by atoms with Gasteiger partial charge in [0.05, 0.1) is 0 Å². The van der Waals surface area contributed by atoms with E-state index in [2.05, 4.69) is 115 Å². The second kappa shape index (κ2) is 9.33. The average molecular weight is 417 g/mol. The Kier molecular flexibility index (Phi) is 7.12. The third-order valence-electron chi connectivity index (χ3n) is 4.72. The van der Waals surface area contributed by atoms with Gasteiger partial charge in [-0.05, 0) is 36.4 Å². The van der Waals surface area contributed by atoms with Crippen molar-refractivity contribution in [1.82, 2.24) is 0 Å². The number of benzene rings is 3. The maximum atomic E-state index is 2.35. The van der Waals surface area contributed by atoms with Gasteiger partial charge in [-0.25, -0.2) is 0 Å². The third-order valence-corrected chi connectivity index (χ3v) is 13.3. The Hall–Kier alpha value is -0.920. The fourth-order valence-corrected chi connectivity index (χ4v) is 13.1. The molecule has 1 fully saturated rings. The lowest BCUT2D eigenvalue weighted by Gasteiger charge is -2.35. The van der Waals surface area contributed by atoms with E-state index in [1.165, 1.54) is 33.2 Å². The SMILES string of the molecule is [Cl-].c1ccc([P+](c2ccccc2)(c2ccccc2)C2CSCCS2)cc1. The van der Waals surface area contributed by atoms with Gasteiger partial charge in [0.1, 0.15) is 28.2 Å². The van der Waals surface area contributed by atoms with Crippen LogP contribution in [0.3, 0.4) is 0 Å². The number of hydrogen-bond donors (Lipinski definition) is 0. The molecular weight excluding hydrogens is 395 g/mol. The van der Waals surface area contributed by atoms with E-state index in [1.54, 1.807) is 0 Å². The van der Waals surface area contributed by atoms with Crippen LogP contribution in [0.15, 0.2) is 91.0 Å². The first-order valence-corrected chi connectivity index (χ1v) is 12.7. The largest absolute Gasteiger partial charge is 1.00 e. The zero-order valence-electron chi connectivity index (χ0n) is 14.5. The molecule has 0 amide bonds. The predicted molar refractivity (Wildman–Crippen MR) is 119 cm³/mol. The van der Waals surface area contributed by atoms with E-state index >= 15 is 0 Å². The molecule has 0 N–H and O–H groups in total. The molecule has 0 bridgehead atoms. The van der Waals surface area contributed by atoms with E-state index in [4.69, 9.17) is 0 Å². The Morgan fingerprint density at radius 1 is 0.615 bits per heavy atom. The van der Waals surface area contributed by atoms with Crippen LogP contribution < -0.4 is 28.3 Å². The van der Waals surface area contributed by atoms with E-state index in [9.17, 15) is 0 Å². The molecule has 26 heavy (non-hydrogen) atoms. The average Bonchev–Trinajstić information content (AvgIpc) is 2.72. The summed E-state index contributed by atoms with van der Waals surface area (Å²) in [6.45, 7) is 0.